The number of halogens is 1. The van der Waals surface area contributed by atoms with Crippen LogP contribution in [0.4, 0.5) is 5.69 Å². The predicted molar refractivity (Wildman–Crippen MR) is 95.6 cm³/mol. The molecule has 0 aliphatic carbocycles. The molecule has 0 atom stereocenters. The van der Waals surface area contributed by atoms with Gasteiger partial charge in [-0.1, -0.05) is 26.0 Å². The van der Waals surface area contributed by atoms with Gasteiger partial charge in [-0.3, -0.25) is 14.3 Å². The molecule has 0 spiro atoms. The summed E-state index contributed by atoms with van der Waals surface area (Å²) < 4.78 is 2.62. The molecule has 0 saturated carbocycles. The maximum atomic E-state index is 12.2. The number of aromatic nitrogens is 2. The number of nitrogens with zero attached hydrogens (tertiary/aromatic N) is 2. The number of aryl methyl sites for hydroxylation is 1. The first kappa shape index (κ1) is 18.2. The van der Waals surface area contributed by atoms with E-state index in [0.717, 1.165) is 15.7 Å². The highest BCUT2D eigenvalue weighted by Crippen LogP contribution is 2.30. The molecule has 1 amide bonds. The van der Waals surface area contributed by atoms with Gasteiger partial charge in [-0.2, -0.15) is 5.10 Å². The average molecular weight is 394 g/mol. The van der Waals surface area contributed by atoms with Crippen molar-refractivity contribution >= 4 is 33.5 Å². The molecule has 1 aromatic carbocycles. The Bertz CT molecular complexity index is 749. The molecule has 0 bridgehead atoms. The zero-order chi connectivity index (χ0) is 17.9. The summed E-state index contributed by atoms with van der Waals surface area (Å²) in [6.07, 6.45) is 1.80. The number of rotatable bonds is 6. The summed E-state index contributed by atoms with van der Waals surface area (Å²) in [7, 11) is 1.85. The zero-order valence-electron chi connectivity index (χ0n) is 13.8. The van der Waals surface area contributed by atoms with Crippen molar-refractivity contribution in [3.63, 3.8) is 0 Å². The molecule has 2 N–H and O–H groups in total. The minimum absolute atomic E-state index is 0.0531. The van der Waals surface area contributed by atoms with Gasteiger partial charge in [0.15, 0.2) is 0 Å². The third kappa shape index (κ3) is 4.67. The summed E-state index contributed by atoms with van der Waals surface area (Å²) in [6, 6.07) is 7.46. The van der Waals surface area contributed by atoms with Gasteiger partial charge in [0.2, 0.25) is 5.91 Å². The fraction of sp³-hybridized carbons (Fsp3) is 0.353. The number of anilines is 1. The van der Waals surface area contributed by atoms with Gasteiger partial charge in [0.05, 0.1) is 22.8 Å². The van der Waals surface area contributed by atoms with E-state index in [2.05, 4.69) is 26.3 Å². The van der Waals surface area contributed by atoms with Gasteiger partial charge in [0.1, 0.15) is 0 Å². The standard InChI is InChI=1S/C17H20BrN3O3/c1-17(2,9-15(23)24)8-14(22)20-12-6-4-5-11(7-12)16-13(18)10-19-21(16)3/h4-7,10H,8-9H2,1-3H3,(H,20,22)(H,23,24). The average Bonchev–Trinajstić information content (AvgIpc) is 2.76. The lowest BCUT2D eigenvalue weighted by Crippen LogP contribution is -2.24. The number of carbonyl (C=O) groups is 2. The number of carboxylic acids is 1. The summed E-state index contributed by atoms with van der Waals surface area (Å²) >= 11 is 3.47. The van der Waals surface area contributed by atoms with Gasteiger partial charge < -0.3 is 10.4 Å². The van der Waals surface area contributed by atoms with Crippen LogP contribution in [0.25, 0.3) is 11.3 Å². The van der Waals surface area contributed by atoms with E-state index in [1.54, 1.807) is 30.8 Å². The molecule has 0 unspecified atom stereocenters. The van der Waals surface area contributed by atoms with Gasteiger partial charge in [0, 0.05) is 24.7 Å². The number of carbonyl (C=O) groups excluding carboxylic acids is 1. The van der Waals surface area contributed by atoms with E-state index in [1.165, 1.54) is 0 Å². The van der Waals surface area contributed by atoms with E-state index < -0.39 is 11.4 Å². The Hall–Kier alpha value is -2.15. The summed E-state index contributed by atoms with van der Waals surface area (Å²) in [5, 5.41) is 15.9. The summed E-state index contributed by atoms with van der Waals surface area (Å²) in [5.74, 6) is -1.11. The minimum Gasteiger partial charge on any atom is -0.481 e. The normalized spacial score (nSPS) is 11.3. The lowest BCUT2D eigenvalue weighted by Gasteiger charge is -2.21. The topological polar surface area (TPSA) is 84.2 Å². The van der Waals surface area contributed by atoms with Crippen molar-refractivity contribution in [3.05, 3.63) is 34.9 Å². The van der Waals surface area contributed by atoms with Gasteiger partial charge in [-0.15, -0.1) is 0 Å². The molecule has 2 rings (SSSR count). The van der Waals surface area contributed by atoms with Gasteiger partial charge >= 0.3 is 5.97 Å². The molecule has 0 saturated heterocycles. The van der Waals surface area contributed by atoms with Crippen LogP contribution < -0.4 is 5.32 Å². The van der Waals surface area contributed by atoms with E-state index >= 15 is 0 Å². The van der Waals surface area contributed by atoms with Crippen LogP contribution in [-0.2, 0) is 16.6 Å². The molecule has 2 aromatic rings. The molecule has 128 valence electrons. The number of aliphatic carboxylic acids is 1. The quantitative estimate of drug-likeness (QED) is 0.783. The van der Waals surface area contributed by atoms with Crippen LogP contribution in [0.5, 0.6) is 0 Å². The summed E-state index contributed by atoms with van der Waals surface area (Å²) in [6.45, 7) is 3.54. The highest BCUT2D eigenvalue weighted by molar-refractivity contribution is 9.10. The van der Waals surface area contributed by atoms with Gasteiger partial charge in [0.25, 0.3) is 0 Å². The molecule has 1 aromatic heterocycles. The molecule has 0 fully saturated rings. The Balaban J connectivity index is 2.13. The van der Waals surface area contributed by atoms with Crippen molar-refractivity contribution in [2.75, 3.05) is 5.32 Å². The van der Waals surface area contributed by atoms with Crippen LogP contribution >= 0.6 is 15.9 Å². The third-order valence-electron chi connectivity index (χ3n) is 3.58. The first-order chi connectivity index (χ1) is 11.2. The van der Waals surface area contributed by atoms with E-state index in [9.17, 15) is 9.59 Å². The Morgan fingerprint density at radius 3 is 2.62 bits per heavy atom. The molecule has 0 aliphatic rings. The van der Waals surface area contributed by atoms with E-state index in [1.807, 2.05) is 25.2 Å². The smallest absolute Gasteiger partial charge is 0.303 e. The fourth-order valence-corrected chi connectivity index (χ4v) is 3.17. The predicted octanol–water partition coefficient (Wildman–Crippen LogP) is 3.68. The SMILES string of the molecule is Cn1ncc(Br)c1-c1cccc(NC(=O)CC(C)(C)CC(=O)O)c1. The fourth-order valence-electron chi connectivity index (χ4n) is 2.59. The first-order valence-corrected chi connectivity index (χ1v) is 8.27. The second-order valence-electron chi connectivity index (χ2n) is 6.51. The Labute approximate surface area is 149 Å². The molecule has 1 heterocycles. The first-order valence-electron chi connectivity index (χ1n) is 7.47. The molecular formula is C17H20BrN3O3. The third-order valence-corrected chi connectivity index (χ3v) is 4.16. The molecular weight excluding hydrogens is 374 g/mol. The van der Waals surface area contributed by atoms with Crippen molar-refractivity contribution < 1.29 is 14.7 Å². The second kappa shape index (κ2) is 7.17. The highest BCUT2D eigenvalue weighted by Gasteiger charge is 2.25. The van der Waals surface area contributed by atoms with E-state index in [-0.39, 0.29) is 18.7 Å². The minimum atomic E-state index is -0.907. The van der Waals surface area contributed by atoms with Crippen LogP contribution in [0.2, 0.25) is 0 Å². The van der Waals surface area contributed by atoms with E-state index in [0.29, 0.717) is 5.69 Å². The number of nitrogens with one attached hydrogen (secondary N) is 1. The van der Waals surface area contributed by atoms with Crippen molar-refractivity contribution in [1.82, 2.24) is 9.78 Å². The Morgan fingerprint density at radius 2 is 2.04 bits per heavy atom. The number of hydrogen-bond acceptors (Lipinski definition) is 3. The maximum absolute atomic E-state index is 12.2. The Kier molecular flexibility index (Phi) is 5.43. The lowest BCUT2D eigenvalue weighted by atomic mass is 9.85. The van der Waals surface area contributed by atoms with Crippen LogP contribution in [0, 0.1) is 5.41 Å². The van der Waals surface area contributed by atoms with E-state index in [4.69, 9.17) is 5.11 Å². The summed E-state index contributed by atoms with van der Waals surface area (Å²) in [4.78, 5) is 23.1. The number of carboxylic acid groups (broad SMARTS) is 1. The van der Waals surface area contributed by atoms with Crippen LogP contribution in [0.3, 0.4) is 0 Å². The number of benzene rings is 1. The molecule has 7 heteroatoms. The van der Waals surface area contributed by atoms with Crippen molar-refractivity contribution in [1.29, 1.82) is 0 Å². The zero-order valence-corrected chi connectivity index (χ0v) is 15.4. The van der Waals surface area contributed by atoms with Crippen LogP contribution in [-0.4, -0.2) is 26.8 Å². The second-order valence-corrected chi connectivity index (χ2v) is 7.36. The monoisotopic (exact) mass is 393 g/mol. The van der Waals surface area contributed by atoms with Gasteiger partial charge in [-0.25, -0.2) is 0 Å². The molecule has 0 aliphatic heterocycles. The Morgan fingerprint density at radius 1 is 1.33 bits per heavy atom. The van der Waals surface area contributed by atoms with Crippen molar-refractivity contribution in [2.45, 2.75) is 26.7 Å². The number of hydrogen-bond donors (Lipinski definition) is 2. The van der Waals surface area contributed by atoms with Gasteiger partial charge in [-0.05, 0) is 33.5 Å². The molecule has 0 radical (unpaired) electrons. The van der Waals surface area contributed by atoms with Crippen molar-refractivity contribution in [3.8, 4) is 11.3 Å². The maximum Gasteiger partial charge on any atom is 0.303 e. The summed E-state index contributed by atoms with van der Waals surface area (Å²) in [5.41, 5.74) is 1.90. The molecule has 6 nitrogen and oxygen atoms in total. The van der Waals surface area contributed by atoms with Crippen molar-refractivity contribution in [2.24, 2.45) is 12.5 Å². The number of amides is 1. The molecule has 24 heavy (non-hydrogen) atoms. The largest absolute Gasteiger partial charge is 0.481 e. The van der Waals surface area contributed by atoms with Crippen LogP contribution in [0.15, 0.2) is 34.9 Å². The lowest BCUT2D eigenvalue weighted by molar-refractivity contribution is -0.139. The van der Waals surface area contributed by atoms with Crippen LogP contribution in [0.1, 0.15) is 26.7 Å². The highest BCUT2D eigenvalue weighted by atomic mass is 79.9.